The van der Waals surface area contributed by atoms with Gasteiger partial charge in [-0.2, -0.15) is 5.10 Å². The van der Waals surface area contributed by atoms with Crippen molar-refractivity contribution in [1.29, 1.82) is 0 Å². The number of carbonyl (C=O) groups excluding carboxylic acids is 1. The van der Waals surface area contributed by atoms with Crippen molar-refractivity contribution in [3.05, 3.63) is 22.5 Å². The van der Waals surface area contributed by atoms with Crippen LogP contribution in [0.1, 0.15) is 27.2 Å². The fourth-order valence-electron chi connectivity index (χ4n) is 1.78. The summed E-state index contributed by atoms with van der Waals surface area (Å²) < 4.78 is 1.37. The zero-order valence-electron chi connectivity index (χ0n) is 11.9. The van der Waals surface area contributed by atoms with Crippen molar-refractivity contribution < 1.29 is 14.8 Å². The standard InChI is InChI=1S/C12H20N4O4/c1-4-14(9-12(2,3)18)11(17)5-6-15-8-10(7-13-15)16(19)20/h7-8,18H,4-6,9H2,1-3H3. The van der Waals surface area contributed by atoms with E-state index in [0.29, 0.717) is 6.54 Å². The molecule has 0 saturated carbocycles. The lowest BCUT2D eigenvalue weighted by atomic mass is 10.1. The molecule has 1 aromatic heterocycles. The molecule has 1 heterocycles. The molecule has 8 nitrogen and oxygen atoms in total. The van der Waals surface area contributed by atoms with E-state index in [0.717, 1.165) is 6.20 Å². The zero-order valence-corrected chi connectivity index (χ0v) is 11.9. The van der Waals surface area contributed by atoms with Gasteiger partial charge in [0.2, 0.25) is 5.91 Å². The highest BCUT2D eigenvalue weighted by Crippen LogP contribution is 2.10. The van der Waals surface area contributed by atoms with E-state index in [2.05, 4.69) is 5.10 Å². The minimum absolute atomic E-state index is 0.0960. The van der Waals surface area contributed by atoms with Crippen LogP contribution in [0.25, 0.3) is 0 Å². The second-order valence-corrected chi connectivity index (χ2v) is 5.19. The van der Waals surface area contributed by atoms with E-state index in [1.54, 1.807) is 18.7 Å². The molecule has 0 saturated heterocycles. The summed E-state index contributed by atoms with van der Waals surface area (Å²) in [5.41, 5.74) is -1.04. The molecule has 112 valence electrons. The maximum Gasteiger partial charge on any atom is 0.306 e. The Labute approximate surface area is 117 Å². The van der Waals surface area contributed by atoms with Gasteiger partial charge in [-0.15, -0.1) is 0 Å². The van der Waals surface area contributed by atoms with Crippen molar-refractivity contribution in [1.82, 2.24) is 14.7 Å². The van der Waals surface area contributed by atoms with Crippen LogP contribution < -0.4 is 0 Å². The minimum Gasteiger partial charge on any atom is -0.389 e. The van der Waals surface area contributed by atoms with E-state index in [4.69, 9.17) is 0 Å². The third-order valence-corrected chi connectivity index (χ3v) is 2.70. The van der Waals surface area contributed by atoms with Gasteiger partial charge in [0, 0.05) is 26.1 Å². The van der Waals surface area contributed by atoms with Crippen LogP contribution in [0.3, 0.4) is 0 Å². The third-order valence-electron chi connectivity index (χ3n) is 2.70. The molecule has 0 spiro atoms. The first kappa shape index (κ1) is 16.1. The molecule has 1 aromatic rings. The molecule has 0 aromatic carbocycles. The molecule has 8 heteroatoms. The predicted molar refractivity (Wildman–Crippen MR) is 72.1 cm³/mol. The molecule has 0 aliphatic rings. The molecule has 0 aliphatic carbocycles. The highest BCUT2D eigenvalue weighted by atomic mass is 16.6. The fourth-order valence-corrected chi connectivity index (χ4v) is 1.78. The van der Waals surface area contributed by atoms with Gasteiger partial charge >= 0.3 is 5.69 Å². The topological polar surface area (TPSA) is 102 Å². The number of nitrogens with zero attached hydrogens (tertiary/aromatic N) is 4. The first-order valence-corrected chi connectivity index (χ1v) is 6.40. The molecule has 0 fully saturated rings. The van der Waals surface area contributed by atoms with Crippen molar-refractivity contribution in [2.24, 2.45) is 0 Å². The number of hydrogen-bond donors (Lipinski definition) is 1. The Bertz CT molecular complexity index is 478. The third kappa shape index (κ3) is 4.96. The summed E-state index contributed by atoms with van der Waals surface area (Å²) in [5.74, 6) is -0.118. The Morgan fingerprint density at radius 1 is 1.60 bits per heavy atom. The Morgan fingerprint density at radius 2 is 2.25 bits per heavy atom. The van der Waals surface area contributed by atoms with Crippen LogP contribution in [-0.2, 0) is 11.3 Å². The lowest BCUT2D eigenvalue weighted by Crippen LogP contribution is -2.42. The molecular weight excluding hydrogens is 264 g/mol. The number of nitro groups is 1. The van der Waals surface area contributed by atoms with E-state index < -0.39 is 10.5 Å². The summed E-state index contributed by atoms with van der Waals surface area (Å²) >= 11 is 0. The smallest absolute Gasteiger partial charge is 0.306 e. The van der Waals surface area contributed by atoms with Crippen LogP contribution >= 0.6 is 0 Å². The number of carbonyl (C=O) groups is 1. The molecule has 20 heavy (non-hydrogen) atoms. The first-order valence-electron chi connectivity index (χ1n) is 6.40. The molecule has 1 N–H and O–H groups in total. The number of hydrogen-bond acceptors (Lipinski definition) is 5. The van der Waals surface area contributed by atoms with Gasteiger partial charge in [-0.1, -0.05) is 0 Å². The quantitative estimate of drug-likeness (QED) is 0.589. The summed E-state index contributed by atoms with van der Waals surface area (Å²) in [6, 6.07) is 0. The predicted octanol–water partition coefficient (Wildman–Crippen LogP) is 0.801. The van der Waals surface area contributed by atoms with Gasteiger partial charge in [0.1, 0.15) is 12.4 Å². The normalized spacial score (nSPS) is 11.4. The van der Waals surface area contributed by atoms with E-state index in [-0.39, 0.29) is 31.1 Å². The highest BCUT2D eigenvalue weighted by molar-refractivity contribution is 5.76. The number of likely N-dealkylation sites (N-methyl/N-ethyl adjacent to an activating group) is 1. The Hall–Kier alpha value is -1.96. The summed E-state index contributed by atoms with van der Waals surface area (Å²) in [6.07, 6.45) is 2.63. The van der Waals surface area contributed by atoms with E-state index in [1.165, 1.54) is 10.9 Å². The van der Waals surface area contributed by atoms with Crippen molar-refractivity contribution in [2.45, 2.75) is 39.3 Å². The van der Waals surface area contributed by atoms with Gasteiger partial charge in [-0.25, -0.2) is 0 Å². The van der Waals surface area contributed by atoms with Crippen molar-refractivity contribution in [3.8, 4) is 0 Å². The van der Waals surface area contributed by atoms with E-state index in [9.17, 15) is 20.0 Å². The number of amides is 1. The number of aromatic nitrogens is 2. The molecular formula is C12H20N4O4. The second kappa shape index (κ2) is 6.47. The zero-order chi connectivity index (χ0) is 15.3. The maximum absolute atomic E-state index is 12.0. The average Bonchev–Trinajstić information content (AvgIpc) is 2.80. The fraction of sp³-hybridized carbons (Fsp3) is 0.667. The second-order valence-electron chi connectivity index (χ2n) is 5.19. The molecule has 0 bridgehead atoms. The first-order chi connectivity index (χ1) is 9.23. The van der Waals surface area contributed by atoms with Crippen molar-refractivity contribution in [2.75, 3.05) is 13.1 Å². The molecule has 1 rings (SSSR count). The van der Waals surface area contributed by atoms with Crippen molar-refractivity contribution >= 4 is 11.6 Å². The SMILES string of the molecule is CCN(CC(C)(C)O)C(=O)CCn1cc([N+](=O)[O-])cn1. The van der Waals surface area contributed by atoms with E-state index in [1.807, 2.05) is 6.92 Å². The largest absolute Gasteiger partial charge is 0.389 e. The van der Waals surface area contributed by atoms with Gasteiger partial charge in [0.25, 0.3) is 0 Å². The van der Waals surface area contributed by atoms with Crippen LogP contribution in [0.5, 0.6) is 0 Å². The van der Waals surface area contributed by atoms with Gasteiger partial charge in [-0.3, -0.25) is 19.6 Å². The van der Waals surface area contributed by atoms with Crippen LogP contribution in [0, 0.1) is 10.1 Å². The van der Waals surface area contributed by atoms with Crippen molar-refractivity contribution in [3.63, 3.8) is 0 Å². The summed E-state index contributed by atoms with van der Waals surface area (Å²) in [4.78, 5) is 23.5. The Kier molecular flexibility index (Phi) is 5.20. The molecule has 0 atom stereocenters. The summed E-state index contributed by atoms with van der Waals surface area (Å²) in [7, 11) is 0. The van der Waals surface area contributed by atoms with Gasteiger partial charge in [0.15, 0.2) is 0 Å². The Balaban J connectivity index is 2.54. The van der Waals surface area contributed by atoms with E-state index >= 15 is 0 Å². The number of aryl methyl sites for hydroxylation is 1. The van der Waals surface area contributed by atoms with Gasteiger partial charge < -0.3 is 10.0 Å². The lowest BCUT2D eigenvalue weighted by Gasteiger charge is -2.28. The lowest BCUT2D eigenvalue weighted by molar-refractivity contribution is -0.385. The molecule has 0 radical (unpaired) electrons. The minimum atomic E-state index is -0.948. The summed E-state index contributed by atoms with van der Waals surface area (Å²) in [5, 5.41) is 24.1. The Morgan fingerprint density at radius 3 is 2.70 bits per heavy atom. The molecule has 1 amide bonds. The molecule has 0 aliphatic heterocycles. The van der Waals surface area contributed by atoms with Crippen LogP contribution in [0.15, 0.2) is 12.4 Å². The van der Waals surface area contributed by atoms with Gasteiger partial charge in [0.05, 0.1) is 10.5 Å². The average molecular weight is 284 g/mol. The number of aliphatic hydroxyl groups is 1. The maximum atomic E-state index is 12.0. The molecule has 0 unspecified atom stereocenters. The van der Waals surface area contributed by atoms with Gasteiger partial charge in [-0.05, 0) is 20.8 Å². The monoisotopic (exact) mass is 284 g/mol. The van der Waals surface area contributed by atoms with Crippen LogP contribution in [-0.4, -0.2) is 49.3 Å². The van der Waals surface area contributed by atoms with Crippen LogP contribution in [0.4, 0.5) is 5.69 Å². The summed E-state index contributed by atoms with van der Waals surface area (Å²) in [6.45, 7) is 6.14. The highest BCUT2D eigenvalue weighted by Gasteiger charge is 2.21. The van der Waals surface area contributed by atoms with Crippen LogP contribution in [0.2, 0.25) is 0 Å². The number of rotatable bonds is 7.